The van der Waals surface area contributed by atoms with Crippen LogP contribution >= 0.6 is 47.3 Å². The van der Waals surface area contributed by atoms with Crippen LogP contribution in [0.5, 0.6) is 0 Å². The third-order valence-electron chi connectivity index (χ3n) is 5.20. The summed E-state index contributed by atoms with van der Waals surface area (Å²) in [5.41, 5.74) is 1.14. The number of halogens is 2. The summed E-state index contributed by atoms with van der Waals surface area (Å²) in [6.45, 7) is 3.18. The van der Waals surface area contributed by atoms with Crippen molar-refractivity contribution in [3.05, 3.63) is 53.3 Å². The summed E-state index contributed by atoms with van der Waals surface area (Å²) in [6, 6.07) is 9.88. The number of benzene rings is 1. The molecule has 0 amide bonds. The van der Waals surface area contributed by atoms with Gasteiger partial charge in [-0.1, -0.05) is 23.7 Å². The van der Waals surface area contributed by atoms with E-state index in [-0.39, 0.29) is 34.8 Å². The molecule has 160 valence electrons. The quantitative estimate of drug-likeness (QED) is 0.312. The minimum atomic E-state index is 0. The molecule has 2 heterocycles. The molecule has 2 aromatic rings. The number of aliphatic imine (C=N–C) groups is 1. The van der Waals surface area contributed by atoms with Gasteiger partial charge in [-0.2, -0.15) is 16.9 Å². The van der Waals surface area contributed by atoms with Gasteiger partial charge in [0.1, 0.15) is 0 Å². The summed E-state index contributed by atoms with van der Waals surface area (Å²) in [5, 5.41) is 12.1. The summed E-state index contributed by atoms with van der Waals surface area (Å²) in [5.74, 6) is 0.797. The molecule has 2 N–H and O–H groups in total. The van der Waals surface area contributed by atoms with Crippen LogP contribution in [-0.4, -0.2) is 60.1 Å². The lowest BCUT2D eigenvalue weighted by atomic mass is 9.99. The number of hydrogen-bond acceptors (Lipinski definition) is 4. The van der Waals surface area contributed by atoms with Gasteiger partial charge in [0, 0.05) is 55.5 Å². The number of nitrogens with one attached hydrogen (secondary N) is 2. The highest BCUT2D eigenvalue weighted by molar-refractivity contribution is 14.0. The van der Waals surface area contributed by atoms with Crippen molar-refractivity contribution in [3.63, 3.8) is 0 Å². The molecule has 1 unspecified atom stereocenters. The van der Waals surface area contributed by atoms with E-state index < -0.39 is 0 Å². The third-order valence-corrected chi connectivity index (χ3v) is 6.87. The Balaban J connectivity index is 0.00000300. The number of hydrogen-bond donors (Lipinski definition) is 2. The van der Waals surface area contributed by atoms with Gasteiger partial charge in [-0.25, -0.2) is 0 Å². The molecule has 9 heteroatoms. The van der Waals surface area contributed by atoms with E-state index in [4.69, 9.17) is 16.3 Å². The Hall–Kier alpha value is -0.970. The molecule has 0 radical (unpaired) electrons. The Morgan fingerprint density at radius 2 is 2.03 bits per heavy atom. The van der Waals surface area contributed by atoms with Crippen LogP contribution in [0.25, 0.3) is 0 Å². The molecule has 0 aliphatic carbocycles. The van der Waals surface area contributed by atoms with Gasteiger partial charge in [-0.3, -0.25) is 9.67 Å². The molecular weight excluding hydrogens is 521 g/mol. The number of ether oxygens (including phenoxy) is 1. The van der Waals surface area contributed by atoms with Crippen molar-refractivity contribution < 1.29 is 4.74 Å². The number of aromatic nitrogens is 2. The van der Waals surface area contributed by atoms with E-state index in [2.05, 4.69) is 27.0 Å². The predicted octanol–water partition coefficient (Wildman–Crippen LogP) is 3.82. The average molecular weight is 550 g/mol. The summed E-state index contributed by atoms with van der Waals surface area (Å²) in [6.07, 6.45) is 8.06. The first-order valence-corrected chi connectivity index (χ1v) is 11.1. The maximum atomic E-state index is 6.06. The number of nitrogens with zero attached hydrogens (tertiary/aromatic N) is 3. The van der Waals surface area contributed by atoms with E-state index >= 15 is 0 Å². The van der Waals surface area contributed by atoms with Crippen molar-refractivity contribution in [2.45, 2.75) is 23.6 Å². The van der Waals surface area contributed by atoms with Crippen LogP contribution in [0.4, 0.5) is 0 Å². The Bertz CT molecular complexity index is 751. The fourth-order valence-electron chi connectivity index (χ4n) is 3.37. The molecule has 3 rings (SSSR count). The van der Waals surface area contributed by atoms with Crippen molar-refractivity contribution in [1.29, 1.82) is 0 Å². The molecule has 6 nitrogen and oxygen atoms in total. The SMILES string of the molecule is CN=C(NCC(c1ccc(Cl)cc1)n1cccn1)NCC1(SC)CCOCC1.I. The molecule has 1 aliphatic rings. The lowest BCUT2D eigenvalue weighted by Crippen LogP contribution is -2.48. The second-order valence-electron chi connectivity index (χ2n) is 6.86. The van der Waals surface area contributed by atoms with E-state index in [1.807, 2.05) is 53.0 Å². The maximum absolute atomic E-state index is 6.06. The van der Waals surface area contributed by atoms with Gasteiger partial charge in [0.05, 0.1) is 6.04 Å². The van der Waals surface area contributed by atoms with Crippen LogP contribution in [0.2, 0.25) is 5.02 Å². The summed E-state index contributed by atoms with van der Waals surface area (Å²) in [7, 11) is 1.80. The Morgan fingerprint density at radius 1 is 1.31 bits per heavy atom. The smallest absolute Gasteiger partial charge is 0.191 e. The monoisotopic (exact) mass is 549 g/mol. The van der Waals surface area contributed by atoms with E-state index in [0.717, 1.165) is 49.1 Å². The third kappa shape index (κ3) is 6.77. The van der Waals surface area contributed by atoms with E-state index in [1.54, 1.807) is 13.2 Å². The molecule has 1 fully saturated rings. The predicted molar refractivity (Wildman–Crippen MR) is 133 cm³/mol. The van der Waals surface area contributed by atoms with E-state index in [9.17, 15) is 0 Å². The molecule has 0 spiro atoms. The molecule has 29 heavy (non-hydrogen) atoms. The van der Waals surface area contributed by atoms with E-state index in [0.29, 0.717) is 6.54 Å². The fraction of sp³-hybridized carbons (Fsp3) is 0.500. The van der Waals surface area contributed by atoms with Gasteiger partial charge in [-0.15, -0.1) is 24.0 Å². The van der Waals surface area contributed by atoms with Crippen LogP contribution in [0, 0.1) is 0 Å². The van der Waals surface area contributed by atoms with E-state index in [1.165, 1.54) is 0 Å². The van der Waals surface area contributed by atoms with Gasteiger partial charge < -0.3 is 15.4 Å². The van der Waals surface area contributed by atoms with Crippen LogP contribution in [-0.2, 0) is 4.74 Å². The Labute approximate surface area is 199 Å². The minimum absolute atomic E-state index is 0. The molecule has 1 atom stereocenters. The molecule has 1 aromatic heterocycles. The number of guanidine groups is 1. The number of rotatable bonds is 7. The van der Waals surface area contributed by atoms with Crippen LogP contribution in [0.15, 0.2) is 47.7 Å². The highest BCUT2D eigenvalue weighted by atomic mass is 127. The summed E-state index contributed by atoms with van der Waals surface area (Å²) < 4.78 is 7.68. The van der Waals surface area contributed by atoms with Gasteiger partial charge in [0.2, 0.25) is 0 Å². The number of thioether (sulfide) groups is 1. The molecule has 0 bridgehead atoms. The highest BCUT2D eigenvalue weighted by Crippen LogP contribution is 2.32. The molecular formula is C20H29ClIN5OS. The maximum Gasteiger partial charge on any atom is 0.191 e. The second-order valence-corrected chi connectivity index (χ2v) is 8.57. The topological polar surface area (TPSA) is 63.5 Å². The summed E-state index contributed by atoms with van der Waals surface area (Å²) in [4.78, 5) is 4.40. The lowest BCUT2D eigenvalue weighted by Gasteiger charge is -2.36. The van der Waals surface area contributed by atoms with Crippen molar-refractivity contribution >= 4 is 53.3 Å². The zero-order chi connectivity index (χ0) is 19.8. The Morgan fingerprint density at radius 3 is 2.62 bits per heavy atom. The normalized spacial score (nSPS) is 17.3. The minimum Gasteiger partial charge on any atom is -0.381 e. The lowest BCUT2D eigenvalue weighted by molar-refractivity contribution is 0.0783. The molecule has 1 aliphatic heterocycles. The van der Waals surface area contributed by atoms with Crippen LogP contribution < -0.4 is 10.6 Å². The van der Waals surface area contributed by atoms with Gasteiger partial charge >= 0.3 is 0 Å². The fourth-order valence-corrected chi connectivity index (χ4v) is 4.29. The average Bonchev–Trinajstić information content (AvgIpc) is 3.27. The molecule has 1 aromatic carbocycles. The Kier molecular flexibility index (Phi) is 10.1. The van der Waals surface area contributed by atoms with Gasteiger partial charge in [0.25, 0.3) is 0 Å². The van der Waals surface area contributed by atoms with Crippen molar-refractivity contribution in [2.24, 2.45) is 4.99 Å². The zero-order valence-electron chi connectivity index (χ0n) is 16.8. The first-order chi connectivity index (χ1) is 13.7. The molecule has 1 saturated heterocycles. The summed E-state index contributed by atoms with van der Waals surface area (Å²) >= 11 is 7.97. The highest BCUT2D eigenvalue weighted by Gasteiger charge is 2.31. The zero-order valence-corrected chi connectivity index (χ0v) is 20.7. The van der Waals surface area contributed by atoms with Crippen LogP contribution in [0.3, 0.4) is 0 Å². The van der Waals surface area contributed by atoms with Crippen molar-refractivity contribution in [2.75, 3.05) is 39.6 Å². The van der Waals surface area contributed by atoms with Crippen LogP contribution in [0.1, 0.15) is 24.4 Å². The standard InChI is InChI=1S/C20H28ClN5OS.HI/c1-22-19(24-15-20(28-2)8-12-27-13-9-20)23-14-18(26-11-3-10-25-26)16-4-6-17(21)7-5-16;/h3-7,10-11,18H,8-9,12-15H2,1-2H3,(H2,22,23,24);1H. The van der Waals surface area contributed by atoms with Gasteiger partial charge in [-0.05, 0) is 42.9 Å². The molecule has 0 saturated carbocycles. The van der Waals surface area contributed by atoms with Crippen molar-refractivity contribution in [1.82, 2.24) is 20.4 Å². The first kappa shape index (κ1) is 24.3. The second kappa shape index (κ2) is 12.0. The van der Waals surface area contributed by atoms with Crippen molar-refractivity contribution in [3.8, 4) is 0 Å². The van der Waals surface area contributed by atoms with Gasteiger partial charge in [0.15, 0.2) is 5.96 Å². The first-order valence-electron chi connectivity index (χ1n) is 9.48. The largest absolute Gasteiger partial charge is 0.381 e.